The average molecular weight is 421 g/mol. The predicted octanol–water partition coefficient (Wildman–Crippen LogP) is 2.16. The molecule has 0 heterocycles. The van der Waals surface area contributed by atoms with E-state index in [2.05, 4.69) is 17.2 Å². The van der Waals surface area contributed by atoms with E-state index in [1.165, 1.54) is 44.9 Å². The third-order valence-electron chi connectivity index (χ3n) is 4.32. The van der Waals surface area contributed by atoms with E-state index in [-0.39, 0.29) is 32.1 Å². The lowest BCUT2D eigenvalue weighted by Gasteiger charge is -2.17. The maximum absolute atomic E-state index is 11.3. The molecule has 1 amide bonds. The SMILES string of the molecule is CCCCCCCCCCCC(=O)NOC(=O)CC.OCCN(CCO)CCO. The molecule has 0 unspecified atom stereocenters. The van der Waals surface area contributed by atoms with Gasteiger partial charge in [-0.25, -0.2) is 4.79 Å². The van der Waals surface area contributed by atoms with Crippen molar-refractivity contribution in [2.75, 3.05) is 39.5 Å². The molecule has 8 heteroatoms. The molecular weight excluding hydrogens is 376 g/mol. The third-order valence-corrected chi connectivity index (χ3v) is 4.32. The Morgan fingerprint density at radius 1 is 0.759 bits per heavy atom. The molecule has 4 N–H and O–H groups in total. The molecule has 174 valence electrons. The number of nitrogens with one attached hydrogen (secondary N) is 1. The number of aliphatic hydroxyl groups is 3. The van der Waals surface area contributed by atoms with E-state index in [9.17, 15) is 9.59 Å². The second-order valence-corrected chi connectivity index (χ2v) is 6.94. The van der Waals surface area contributed by atoms with Gasteiger partial charge < -0.3 is 20.2 Å². The number of carbonyl (C=O) groups is 2. The molecule has 0 aliphatic heterocycles. The predicted molar refractivity (Wildman–Crippen MR) is 114 cm³/mol. The fourth-order valence-electron chi connectivity index (χ4n) is 2.59. The minimum Gasteiger partial charge on any atom is -0.395 e. The second-order valence-electron chi connectivity index (χ2n) is 6.94. The zero-order valence-electron chi connectivity index (χ0n) is 18.5. The van der Waals surface area contributed by atoms with Gasteiger partial charge in [-0.1, -0.05) is 65.2 Å². The average Bonchev–Trinajstić information content (AvgIpc) is 2.72. The number of amides is 1. The Balaban J connectivity index is 0. The second kappa shape index (κ2) is 24.8. The van der Waals surface area contributed by atoms with Gasteiger partial charge in [-0.3, -0.25) is 9.69 Å². The van der Waals surface area contributed by atoms with Crippen molar-refractivity contribution in [3.05, 3.63) is 0 Å². The first kappa shape index (κ1) is 30.0. The summed E-state index contributed by atoms with van der Waals surface area (Å²) in [6.45, 7) is 5.67. The Hall–Kier alpha value is -1.22. The number of aliphatic hydroxyl groups excluding tert-OH is 3. The smallest absolute Gasteiger partial charge is 0.331 e. The van der Waals surface area contributed by atoms with Crippen LogP contribution in [0.25, 0.3) is 0 Å². The van der Waals surface area contributed by atoms with E-state index in [1.54, 1.807) is 11.8 Å². The Kier molecular flexibility index (Phi) is 25.7. The standard InChI is InChI=1S/C15H29NO3.C6H15NO3/c1-3-5-6-7-8-9-10-11-12-13-14(17)16-19-15(18)4-2;8-4-1-7(2-5-9)3-6-10/h3-13H2,1-2H3,(H,16,17);8-10H,1-6H2. The molecule has 0 radical (unpaired) electrons. The molecule has 0 rings (SSSR count). The molecule has 0 fully saturated rings. The molecule has 0 saturated carbocycles. The van der Waals surface area contributed by atoms with Crippen molar-refractivity contribution in [1.29, 1.82) is 0 Å². The van der Waals surface area contributed by atoms with Crippen molar-refractivity contribution in [3.63, 3.8) is 0 Å². The van der Waals surface area contributed by atoms with Crippen molar-refractivity contribution < 1.29 is 29.7 Å². The van der Waals surface area contributed by atoms with Crippen LogP contribution >= 0.6 is 0 Å². The largest absolute Gasteiger partial charge is 0.395 e. The zero-order valence-corrected chi connectivity index (χ0v) is 18.5. The summed E-state index contributed by atoms with van der Waals surface area (Å²) in [7, 11) is 0. The van der Waals surface area contributed by atoms with Gasteiger partial charge in [0, 0.05) is 32.5 Å². The van der Waals surface area contributed by atoms with Crippen LogP contribution in [0.4, 0.5) is 0 Å². The third kappa shape index (κ3) is 24.7. The van der Waals surface area contributed by atoms with E-state index in [4.69, 9.17) is 15.3 Å². The van der Waals surface area contributed by atoms with Crippen LogP contribution in [0.3, 0.4) is 0 Å². The minimum absolute atomic E-state index is 0.0694. The van der Waals surface area contributed by atoms with E-state index in [0.717, 1.165) is 12.8 Å². The Morgan fingerprint density at radius 3 is 1.62 bits per heavy atom. The van der Waals surface area contributed by atoms with Crippen molar-refractivity contribution in [2.24, 2.45) is 0 Å². The molecule has 0 aliphatic rings. The van der Waals surface area contributed by atoms with Gasteiger partial charge in [0.1, 0.15) is 0 Å². The van der Waals surface area contributed by atoms with Gasteiger partial charge in [-0.05, 0) is 6.42 Å². The highest BCUT2D eigenvalue weighted by Crippen LogP contribution is 2.10. The van der Waals surface area contributed by atoms with Crippen LogP contribution in [0, 0.1) is 0 Å². The summed E-state index contributed by atoms with van der Waals surface area (Å²) in [6.07, 6.45) is 11.7. The van der Waals surface area contributed by atoms with E-state index >= 15 is 0 Å². The van der Waals surface area contributed by atoms with E-state index in [0.29, 0.717) is 26.1 Å². The topological polar surface area (TPSA) is 119 Å². The fraction of sp³-hybridized carbons (Fsp3) is 0.905. The molecule has 0 aromatic carbocycles. The number of unbranched alkanes of at least 4 members (excludes halogenated alkanes) is 8. The van der Waals surface area contributed by atoms with Crippen molar-refractivity contribution >= 4 is 11.9 Å². The van der Waals surface area contributed by atoms with Gasteiger partial charge in [0.05, 0.1) is 19.8 Å². The maximum Gasteiger partial charge on any atom is 0.331 e. The van der Waals surface area contributed by atoms with Gasteiger partial charge in [0.25, 0.3) is 5.91 Å². The quantitative estimate of drug-likeness (QED) is 0.210. The molecule has 0 aliphatic carbocycles. The van der Waals surface area contributed by atoms with E-state index < -0.39 is 5.97 Å². The van der Waals surface area contributed by atoms with E-state index in [1.807, 2.05) is 0 Å². The highest BCUT2D eigenvalue weighted by atomic mass is 16.7. The van der Waals surface area contributed by atoms with Gasteiger partial charge >= 0.3 is 5.97 Å². The molecular formula is C21H44N2O6. The molecule has 0 aromatic heterocycles. The first-order valence-corrected chi connectivity index (χ1v) is 11.1. The maximum atomic E-state index is 11.3. The van der Waals surface area contributed by atoms with Crippen LogP contribution in [-0.2, 0) is 14.4 Å². The molecule has 0 spiro atoms. The van der Waals surface area contributed by atoms with Crippen molar-refractivity contribution in [3.8, 4) is 0 Å². The molecule has 8 nitrogen and oxygen atoms in total. The Bertz CT molecular complexity index is 355. The van der Waals surface area contributed by atoms with Crippen LogP contribution in [0.5, 0.6) is 0 Å². The highest BCUT2D eigenvalue weighted by molar-refractivity contribution is 5.77. The van der Waals surface area contributed by atoms with Gasteiger partial charge in [0.2, 0.25) is 0 Å². The summed E-state index contributed by atoms with van der Waals surface area (Å²) in [6, 6.07) is 0. The summed E-state index contributed by atoms with van der Waals surface area (Å²) in [5.74, 6) is -0.606. The number of nitrogens with zero attached hydrogens (tertiary/aromatic N) is 1. The van der Waals surface area contributed by atoms with Crippen LogP contribution in [0.2, 0.25) is 0 Å². The van der Waals surface area contributed by atoms with Gasteiger partial charge in [-0.2, -0.15) is 5.48 Å². The fourth-order valence-corrected chi connectivity index (χ4v) is 2.59. The summed E-state index contributed by atoms with van der Waals surface area (Å²) >= 11 is 0. The number of hydrogen-bond donors (Lipinski definition) is 4. The number of carbonyl (C=O) groups excluding carboxylic acids is 2. The molecule has 0 atom stereocenters. The lowest BCUT2D eigenvalue weighted by Crippen LogP contribution is -2.32. The number of hydroxylamine groups is 1. The number of rotatable bonds is 17. The zero-order chi connectivity index (χ0) is 22.2. The first-order chi connectivity index (χ1) is 14.0. The van der Waals surface area contributed by atoms with Crippen molar-refractivity contribution in [1.82, 2.24) is 10.4 Å². The summed E-state index contributed by atoms with van der Waals surface area (Å²) in [4.78, 5) is 28.4. The van der Waals surface area contributed by atoms with Crippen LogP contribution in [0.15, 0.2) is 0 Å². The first-order valence-electron chi connectivity index (χ1n) is 11.1. The van der Waals surface area contributed by atoms with Crippen molar-refractivity contribution in [2.45, 2.75) is 84.5 Å². The number of hydrogen-bond acceptors (Lipinski definition) is 7. The lowest BCUT2D eigenvalue weighted by atomic mass is 10.1. The minimum atomic E-state index is -0.402. The van der Waals surface area contributed by atoms with Crippen LogP contribution < -0.4 is 5.48 Å². The summed E-state index contributed by atoms with van der Waals surface area (Å²) in [5.41, 5.74) is 2.17. The summed E-state index contributed by atoms with van der Waals surface area (Å²) in [5, 5.41) is 25.5. The lowest BCUT2D eigenvalue weighted by molar-refractivity contribution is -0.158. The molecule has 0 bridgehead atoms. The normalized spacial score (nSPS) is 10.4. The van der Waals surface area contributed by atoms with Gasteiger partial charge in [-0.15, -0.1) is 0 Å². The Labute approximate surface area is 176 Å². The monoisotopic (exact) mass is 420 g/mol. The Morgan fingerprint density at radius 2 is 1.21 bits per heavy atom. The van der Waals surface area contributed by atoms with Crippen LogP contribution in [-0.4, -0.2) is 71.6 Å². The molecule has 29 heavy (non-hydrogen) atoms. The molecule has 0 saturated heterocycles. The van der Waals surface area contributed by atoms with Gasteiger partial charge in [0.15, 0.2) is 0 Å². The molecule has 0 aromatic rings. The van der Waals surface area contributed by atoms with Crippen LogP contribution in [0.1, 0.15) is 84.5 Å². The summed E-state index contributed by atoms with van der Waals surface area (Å²) < 4.78 is 0. The highest BCUT2D eigenvalue weighted by Gasteiger charge is 2.04.